The van der Waals surface area contributed by atoms with Crippen molar-refractivity contribution < 1.29 is 14.4 Å². The van der Waals surface area contributed by atoms with E-state index < -0.39 is 12.1 Å². The fourth-order valence-corrected chi connectivity index (χ4v) is 7.75. The number of fused-ring (bicyclic) bond motifs is 1. The number of piperidine rings is 1. The van der Waals surface area contributed by atoms with Crippen LogP contribution in [-0.4, -0.2) is 77.4 Å². The van der Waals surface area contributed by atoms with Crippen molar-refractivity contribution in [2.45, 2.75) is 107 Å². The average Bonchev–Trinajstić information content (AvgIpc) is 3.49. The van der Waals surface area contributed by atoms with Gasteiger partial charge in [0.25, 0.3) is 0 Å². The summed E-state index contributed by atoms with van der Waals surface area (Å²) in [5.74, 6) is -0.159. The number of carbonyl (C=O) groups excluding carboxylic acids is 3. The first-order chi connectivity index (χ1) is 21.4. The van der Waals surface area contributed by atoms with E-state index in [1.807, 2.05) is 41.3 Å². The first kappa shape index (κ1) is 31.1. The van der Waals surface area contributed by atoms with Gasteiger partial charge in [-0.1, -0.05) is 67.3 Å². The van der Waals surface area contributed by atoms with Crippen LogP contribution in [0.5, 0.6) is 0 Å². The van der Waals surface area contributed by atoms with E-state index >= 15 is 0 Å². The number of likely N-dealkylation sites (tertiary alicyclic amines) is 2. The van der Waals surface area contributed by atoms with Gasteiger partial charge in [0.05, 0.1) is 12.1 Å². The van der Waals surface area contributed by atoms with Crippen LogP contribution in [0.3, 0.4) is 0 Å². The van der Waals surface area contributed by atoms with Crippen LogP contribution in [0.4, 0.5) is 0 Å². The molecule has 2 aromatic rings. The Bertz CT molecular complexity index is 1310. The van der Waals surface area contributed by atoms with Crippen molar-refractivity contribution in [3.8, 4) is 0 Å². The Morgan fingerprint density at radius 2 is 1.61 bits per heavy atom. The lowest BCUT2D eigenvalue weighted by Crippen LogP contribution is -2.56. The molecule has 3 heterocycles. The van der Waals surface area contributed by atoms with E-state index in [1.54, 1.807) is 0 Å². The van der Waals surface area contributed by atoms with E-state index in [4.69, 9.17) is 11.6 Å². The van der Waals surface area contributed by atoms with E-state index in [9.17, 15) is 14.4 Å². The van der Waals surface area contributed by atoms with Crippen molar-refractivity contribution in [1.82, 2.24) is 25.8 Å². The molecule has 2 aromatic carbocycles. The zero-order valence-electron chi connectivity index (χ0n) is 25.6. The van der Waals surface area contributed by atoms with E-state index in [1.165, 1.54) is 31.2 Å². The molecule has 6 rings (SSSR count). The van der Waals surface area contributed by atoms with Gasteiger partial charge in [0.2, 0.25) is 17.7 Å². The highest BCUT2D eigenvalue weighted by Gasteiger charge is 2.43. The molecule has 9 heteroatoms. The van der Waals surface area contributed by atoms with Crippen LogP contribution in [0, 0.1) is 0 Å². The average molecular weight is 620 g/mol. The van der Waals surface area contributed by atoms with Gasteiger partial charge in [0.15, 0.2) is 0 Å². The van der Waals surface area contributed by atoms with Gasteiger partial charge in [-0.05, 0) is 73.8 Å². The molecule has 44 heavy (non-hydrogen) atoms. The van der Waals surface area contributed by atoms with Crippen molar-refractivity contribution in [2.75, 3.05) is 19.6 Å². The zero-order chi connectivity index (χ0) is 30.5. The third-order valence-electron chi connectivity index (χ3n) is 10.1. The van der Waals surface area contributed by atoms with Crippen LogP contribution < -0.4 is 16.0 Å². The number of halogens is 1. The summed E-state index contributed by atoms with van der Waals surface area (Å²) < 4.78 is 0. The molecule has 4 atom stereocenters. The lowest BCUT2D eigenvalue weighted by atomic mass is 9.93. The van der Waals surface area contributed by atoms with Crippen molar-refractivity contribution in [2.24, 2.45) is 0 Å². The maximum Gasteiger partial charge on any atom is 0.243 e. The Morgan fingerprint density at radius 1 is 0.909 bits per heavy atom. The predicted molar refractivity (Wildman–Crippen MR) is 172 cm³/mol. The van der Waals surface area contributed by atoms with Gasteiger partial charge in [-0.15, -0.1) is 0 Å². The van der Waals surface area contributed by atoms with Crippen LogP contribution in [0.2, 0.25) is 5.02 Å². The molecule has 0 bridgehead atoms. The van der Waals surface area contributed by atoms with Crippen molar-refractivity contribution in [1.29, 1.82) is 0 Å². The topological polar surface area (TPSA) is 93.8 Å². The molecular weight excluding hydrogens is 574 g/mol. The quantitative estimate of drug-likeness (QED) is 0.416. The van der Waals surface area contributed by atoms with E-state index in [0.717, 1.165) is 49.9 Å². The third kappa shape index (κ3) is 7.47. The highest BCUT2D eigenvalue weighted by molar-refractivity contribution is 6.30. The van der Waals surface area contributed by atoms with Gasteiger partial charge >= 0.3 is 0 Å². The molecule has 3 N–H and O–H groups in total. The van der Waals surface area contributed by atoms with E-state index in [-0.39, 0.29) is 29.8 Å². The molecule has 2 saturated heterocycles. The second-order valence-corrected chi connectivity index (χ2v) is 13.6. The fraction of sp³-hybridized carbons (Fsp3) is 0.571. The molecule has 0 radical (unpaired) electrons. The molecule has 3 amide bonds. The molecular formula is C35H46ClN5O3. The fourth-order valence-electron chi connectivity index (χ4n) is 7.63. The molecule has 1 aliphatic carbocycles. The number of rotatable bonds is 8. The molecule has 1 saturated carbocycles. The van der Waals surface area contributed by atoms with Gasteiger partial charge in [0.1, 0.15) is 6.04 Å². The number of amides is 3. The normalized spacial score (nSPS) is 25.2. The Kier molecular flexibility index (Phi) is 10.2. The second-order valence-electron chi connectivity index (χ2n) is 13.1. The van der Waals surface area contributed by atoms with Crippen LogP contribution in [-0.2, 0) is 33.8 Å². The summed E-state index contributed by atoms with van der Waals surface area (Å²) in [7, 11) is 0. The number of hydrogen-bond donors (Lipinski definition) is 3. The number of carbonyl (C=O) groups is 3. The molecule has 3 aliphatic heterocycles. The summed E-state index contributed by atoms with van der Waals surface area (Å²) in [6.07, 6.45) is 10.7. The molecule has 8 nitrogen and oxygen atoms in total. The van der Waals surface area contributed by atoms with E-state index in [2.05, 4.69) is 33.0 Å². The lowest BCUT2D eigenvalue weighted by molar-refractivity contribution is -0.138. The van der Waals surface area contributed by atoms with E-state index in [0.29, 0.717) is 43.4 Å². The monoisotopic (exact) mass is 619 g/mol. The van der Waals surface area contributed by atoms with Gasteiger partial charge in [0, 0.05) is 49.7 Å². The highest BCUT2D eigenvalue weighted by Crippen LogP contribution is 2.31. The van der Waals surface area contributed by atoms with Crippen LogP contribution in [0.25, 0.3) is 0 Å². The summed E-state index contributed by atoms with van der Waals surface area (Å²) >= 11 is 6.13. The van der Waals surface area contributed by atoms with Crippen LogP contribution in [0.15, 0.2) is 48.5 Å². The maximum absolute atomic E-state index is 14.0. The summed E-state index contributed by atoms with van der Waals surface area (Å²) in [6.45, 7) is 2.95. The molecule has 3 fully saturated rings. The number of benzene rings is 2. The van der Waals surface area contributed by atoms with Crippen molar-refractivity contribution >= 4 is 29.3 Å². The number of hydrogen-bond acceptors (Lipinski definition) is 5. The van der Waals surface area contributed by atoms with Gasteiger partial charge in [-0.25, -0.2) is 0 Å². The first-order valence-electron chi connectivity index (χ1n) is 16.6. The number of nitrogens with zero attached hydrogens (tertiary/aromatic N) is 2. The van der Waals surface area contributed by atoms with Crippen LogP contribution in [0.1, 0.15) is 74.5 Å². The summed E-state index contributed by atoms with van der Waals surface area (Å²) in [4.78, 5) is 45.7. The molecule has 0 spiro atoms. The van der Waals surface area contributed by atoms with Gasteiger partial charge in [-0.3, -0.25) is 19.3 Å². The van der Waals surface area contributed by atoms with Crippen molar-refractivity contribution in [3.05, 3.63) is 70.2 Å². The Morgan fingerprint density at radius 3 is 2.36 bits per heavy atom. The second kappa shape index (κ2) is 14.4. The lowest BCUT2D eigenvalue weighted by Gasteiger charge is -2.37. The van der Waals surface area contributed by atoms with Crippen molar-refractivity contribution in [3.63, 3.8) is 0 Å². The highest BCUT2D eigenvalue weighted by atomic mass is 35.5. The number of nitrogens with one attached hydrogen (secondary N) is 3. The minimum atomic E-state index is -0.748. The molecule has 236 valence electrons. The summed E-state index contributed by atoms with van der Waals surface area (Å²) in [6, 6.07) is 14.4. The maximum atomic E-state index is 14.0. The predicted octanol–water partition coefficient (Wildman–Crippen LogP) is 3.99. The Balaban J connectivity index is 1.16. The minimum absolute atomic E-state index is 0.146. The summed E-state index contributed by atoms with van der Waals surface area (Å²) in [5, 5.41) is 10.3. The van der Waals surface area contributed by atoms with Gasteiger partial charge < -0.3 is 20.9 Å². The zero-order valence-corrected chi connectivity index (χ0v) is 26.4. The third-order valence-corrected chi connectivity index (χ3v) is 10.3. The Labute approximate surface area is 266 Å². The molecule has 0 unspecified atom stereocenters. The standard InChI is InChI=1S/C35H46ClN5O3/c36-27-15-13-24(14-16-27)19-31(39-33(42)30-20-25-9-5-6-10-26(25)22-37-30)34(43)38-28-21-32(35(44)40-17-7-2-8-18-40)41(23-28)29-11-3-1-4-12-29/h5-6,9-10,13-16,28-32,37H,1-4,7-8,11-12,17-23H2,(H,38,43)(H,39,42)/t28-,30+,31+,32-/m0/s1. The first-order valence-corrected chi connectivity index (χ1v) is 17.0. The molecule has 4 aliphatic rings. The SMILES string of the molecule is O=C(N[C@H](Cc1ccc(Cl)cc1)C(=O)N[C@H]1C[C@@H](C(=O)N2CCCCC2)N(C2CCCCC2)C1)[C@H]1Cc2ccccc2CN1. The summed E-state index contributed by atoms with van der Waals surface area (Å²) in [5.41, 5.74) is 3.28. The Hall–Kier alpha value is -2.94. The van der Waals surface area contributed by atoms with Gasteiger partial charge in [-0.2, -0.15) is 0 Å². The minimum Gasteiger partial charge on any atom is -0.350 e. The smallest absolute Gasteiger partial charge is 0.243 e. The van der Waals surface area contributed by atoms with Crippen LogP contribution >= 0.6 is 11.6 Å². The largest absolute Gasteiger partial charge is 0.350 e. The molecule has 0 aromatic heterocycles.